The Bertz CT molecular complexity index is 454. The molecule has 0 radical (unpaired) electrons. The van der Waals surface area contributed by atoms with Gasteiger partial charge in [-0.1, -0.05) is 0 Å². The number of amides is 1. The predicted molar refractivity (Wildman–Crippen MR) is 81.5 cm³/mol. The first-order valence-corrected chi connectivity index (χ1v) is 8.03. The normalized spacial score (nSPS) is 44.3. The van der Waals surface area contributed by atoms with E-state index in [1.54, 1.807) is 0 Å². The average Bonchev–Trinajstić information content (AvgIpc) is 2.54. The van der Waals surface area contributed by atoms with Gasteiger partial charge >= 0.3 is 0 Å². The molecule has 2 aliphatic rings. The Morgan fingerprint density at radius 2 is 1.96 bits per heavy atom. The zero-order chi connectivity index (χ0) is 18.1. The Balaban J connectivity index is 2.08. The van der Waals surface area contributed by atoms with Crippen LogP contribution < -0.4 is 16.8 Å². The zero-order valence-corrected chi connectivity index (χ0v) is 13.3. The molecule has 1 aliphatic heterocycles. The molecular weight excluding hydrogens is 322 g/mol. The molecule has 24 heavy (non-hydrogen) atoms. The molecule has 1 amide bonds. The molecule has 1 heterocycles. The molecule has 10 N–H and O–H groups in total. The molecule has 1 saturated carbocycles. The summed E-state index contributed by atoms with van der Waals surface area (Å²) in [5, 5.41) is 52.3. The summed E-state index contributed by atoms with van der Waals surface area (Å²) in [5.74, 6) is -0.708. The van der Waals surface area contributed by atoms with Crippen LogP contribution in [-0.2, 0) is 9.53 Å². The van der Waals surface area contributed by atoms with Gasteiger partial charge in [0, 0.05) is 12.5 Å². The van der Waals surface area contributed by atoms with Gasteiger partial charge in [-0.25, -0.2) is 0 Å². The number of nitrogens with one attached hydrogen (secondary N) is 1. The molecular formula is C14H27N3O7. The maximum absolute atomic E-state index is 11.9. The first kappa shape index (κ1) is 19.5. The molecule has 140 valence electrons. The molecule has 8 atom stereocenters. The zero-order valence-electron chi connectivity index (χ0n) is 13.3. The summed E-state index contributed by atoms with van der Waals surface area (Å²) in [7, 11) is 0. The lowest BCUT2D eigenvalue weighted by Crippen LogP contribution is -2.73. The van der Waals surface area contributed by atoms with Crippen molar-refractivity contribution in [2.45, 2.75) is 67.5 Å². The van der Waals surface area contributed by atoms with Crippen LogP contribution >= 0.6 is 0 Å². The number of carbonyl (C=O) groups is 1. The van der Waals surface area contributed by atoms with E-state index in [1.165, 1.54) is 0 Å². The highest BCUT2D eigenvalue weighted by atomic mass is 16.5. The van der Waals surface area contributed by atoms with Crippen LogP contribution in [-0.4, -0.2) is 92.8 Å². The van der Waals surface area contributed by atoms with Crippen molar-refractivity contribution in [3.05, 3.63) is 0 Å². The number of hydrogen-bond donors (Lipinski definition) is 8. The number of nitrogens with two attached hydrogens (primary N) is 2. The van der Waals surface area contributed by atoms with Crippen molar-refractivity contribution in [3.8, 4) is 0 Å². The molecule has 10 heteroatoms. The Morgan fingerprint density at radius 3 is 2.54 bits per heavy atom. The summed E-state index contributed by atoms with van der Waals surface area (Å²) in [6.07, 6.45) is -6.40. The largest absolute Gasteiger partial charge is 0.390 e. The molecule has 2 rings (SSSR count). The number of rotatable bonds is 4. The fourth-order valence-electron chi connectivity index (χ4n) is 3.39. The van der Waals surface area contributed by atoms with Gasteiger partial charge in [0.15, 0.2) is 0 Å². The summed E-state index contributed by atoms with van der Waals surface area (Å²) < 4.78 is 5.50. The Morgan fingerprint density at radius 1 is 1.29 bits per heavy atom. The first-order chi connectivity index (χ1) is 11.2. The topological polar surface area (TPSA) is 192 Å². The highest BCUT2D eigenvalue weighted by Gasteiger charge is 2.57. The fraction of sp³-hybridized carbons (Fsp3) is 0.929. The lowest BCUT2D eigenvalue weighted by molar-refractivity contribution is -0.249. The quantitative estimate of drug-likeness (QED) is 0.247. The third-order valence-corrected chi connectivity index (χ3v) is 4.94. The molecule has 1 aliphatic carbocycles. The Hall–Kier alpha value is -0.850. The van der Waals surface area contributed by atoms with E-state index in [1.807, 2.05) is 0 Å². The van der Waals surface area contributed by atoms with E-state index < -0.39 is 54.1 Å². The average molecular weight is 349 g/mol. The monoisotopic (exact) mass is 349 g/mol. The summed E-state index contributed by atoms with van der Waals surface area (Å²) in [4.78, 5) is 11.9. The molecule has 1 saturated heterocycles. The standard InChI is InChI=1S/C14H27N3O7/c15-2-1-7(18)13(23)17-6-3-10(16)14(12(22)11(6)21)4-8(19)9(20)5-24-14/h6-12,18-22H,1-5,15-16H2,(H,17,23)/t6-,7+,8+,9-,10+,11+,12-,14+/m1/s1. The number of hydrogen-bond acceptors (Lipinski definition) is 9. The molecule has 0 aromatic carbocycles. The number of aliphatic hydroxyl groups excluding tert-OH is 5. The van der Waals surface area contributed by atoms with Gasteiger partial charge in [0.1, 0.15) is 30.0 Å². The van der Waals surface area contributed by atoms with Crippen molar-refractivity contribution in [3.63, 3.8) is 0 Å². The fourth-order valence-corrected chi connectivity index (χ4v) is 3.39. The van der Waals surface area contributed by atoms with Crippen molar-refractivity contribution in [1.82, 2.24) is 5.32 Å². The van der Waals surface area contributed by atoms with E-state index in [0.717, 1.165) is 0 Å². The number of aliphatic hydroxyl groups is 5. The summed E-state index contributed by atoms with van der Waals surface area (Å²) in [6.45, 7) is -0.0913. The molecule has 2 fully saturated rings. The maximum atomic E-state index is 11.9. The molecule has 0 aromatic heterocycles. The summed E-state index contributed by atoms with van der Waals surface area (Å²) in [5.41, 5.74) is 9.95. The third kappa shape index (κ3) is 3.55. The smallest absolute Gasteiger partial charge is 0.249 e. The van der Waals surface area contributed by atoms with E-state index in [4.69, 9.17) is 16.2 Å². The van der Waals surface area contributed by atoms with E-state index >= 15 is 0 Å². The molecule has 10 nitrogen and oxygen atoms in total. The summed E-state index contributed by atoms with van der Waals surface area (Å²) in [6, 6.07) is -1.68. The SMILES string of the molecule is NCC[C@H](O)C(=O)N[C@@H]1C[C@H](N)[C@@]2(C[C@H](O)[C@H](O)CO2)[C@H](O)[C@H]1O. The number of ether oxygens (including phenoxy) is 1. The van der Waals surface area contributed by atoms with Crippen molar-refractivity contribution in [2.75, 3.05) is 13.2 Å². The molecule has 0 aromatic rings. The Labute approximate surface area is 139 Å². The minimum atomic E-state index is -1.47. The van der Waals surface area contributed by atoms with Crippen LogP contribution in [0.4, 0.5) is 0 Å². The van der Waals surface area contributed by atoms with Gasteiger partial charge in [-0.3, -0.25) is 4.79 Å². The van der Waals surface area contributed by atoms with Gasteiger partial charge in [-0.2, -0.15) is 0 Å². The minimum absolute atomic E-state index is 0.0698. The van der Waals surface area contributed by atoms with Crippen LogP contribution in [0.25, 0.3) is 0 Å². The number of carbonyl (C=O) groups excluding carboxylic acids is 1. The highest BCUT2D eigenvalue weighted by molar-refractivity contribution is 5.80. The maximum Gasteiger partial charge on any atom is 0.249 e. The first-order valence-electron chi connectivity index (χ1n) is 8.03. The molecule has 0 unspecified atom stereocenters. The van der Waals surface area contributed by atoms with Gasteiger partial charge in [0.25, 0.3) is 0 Å². The second kappa shape index (κ2) is 7.58. The second-order valence-corrected chi connectivity index (χ2v) is 6.59. The van der Waals surface area contributed by atoms with Gasteiger partial charge in [-0.15, -0.1) is 0 Å². The molecule has 0 bridgehead atoms. The lowest BCUT2D eigenvalue weighted by Gasteiger charge is -2.53. The van der Waals surface area contributed by atoms with Crippen LogP contribution in [0.1, 0.15) is 19.3 Å². The van der Waals surface area contributed by atoms with Crippen LogP contribution in [0.3, 0.4) is 0 Å². The van der Waals surface area contributed by atoms with E-state index in [9.17, 15) is 30.3 Å². The van der Waals surface area contributed by atoms with Crippen LogP contribution in [0, 0.1) is 0 Å². The Kier molecular flexibility index (Phi) is 6.15. The van der Waals surface area contributed by atoms with Gasteiger partial charge in [-0.05, 0) is 19.4 Å². The van der Waals surface area contributed by atoms with Crippen LogP contribution in [0.2, 0.25) is 0 Å². The molecule has 1 spiro atoms. The van der Waals surface area contributed by atoms with Crippen molar-refractivity contribution >= 4 is 5.91 Å². The predicted octanol–water partition coefficient (Wildman–Crippen LogP) is -4.49. The summed E-state index contributed by atoms with van der Waals surface area (Å²) >= 11 is 0. The van der Waals surface area contributed by atoms with E-state index in [-0.39, 0.29) is 32.4 Å². The lowest BCUT2D eigenvalue weighted by atomic mass is 9.70. The van der Waals surface area contributed by atoms with Crippen LogP contribution in [0.15, 0.2) is 0 Å². The van der Waals surface area contributed by atoms with Crippen LogP contribution in [0.5, 0.6) is 0 Å². The van der Waals surface area contributed by atoms with Gasteiger partial charge < -0.3 is 47.1 Å². The van der Waals surface area contributed by atoms with Crippen molar-refractivity contribution in [1.29, 1.82) is 0 Å². The second-order valence-electron chi connectivity index (χ2n) is 6.59. The van der Waals surface area contributed by atoms with Crippen molar-refractivity contribution < 1.29 is 35.1 Å². The van der Waals surface area contributed by atoms with Crippen molar-refractivity contribution in [2.24, 2.45) is 11.5 Å². The third-order valence-electron chi connectivity index (χ3n) is 4.94. The minimum Gasteiger partial charge on any atom is -0.390 e. The highest BCUT2D eigenvalue weighted by Crippen LogP contribution is 2.38. The van der Waals surface area contributed by atoms with Gasteiger partial charge in [0.05, 0.1) is 18.8 Å². The van der Waals surface area contributed by atoms with E-state index in [0.29, 0.717) is 0 Å². The van der Waals surface area contributed by atoms with E-state index in [2.05, 4.69) is 5.32 Å². The van der Waals surface area contributed by atoms with Gasteiger partial charge in [0.2, 0.25) is 5.91 Å².